The minimum Gasteiger partial charge on any atom is -0.508 e. The number of rotatable bonds is 2. The number of hydrogen-bond donors (Lipinski definition) is 2. The first-order valence-electron chi connectivity index (χ1n) is 5.61. The Balaban J connectivity index is 2.09. The standard InChI is InChI=1S/C13H14N2O/c16-11-4-1-3-10(9-11)13(6-2-7-13)12-5-8-14-15-12/h1,3-5,8-9,16H,2,6-7H2,(H,14,15). The number of nitrogens with zero attached hydrogens (tertiary/aromatic N) is 1. The number of aromatic amines is 1. The molecule has 1 aromatic heterocycles. The van der Waals surface area contributed by atoms with Crippen LogP contribution >= 0.6 is 0 Å². The molecular weight excluding hydrogens is 200 g/mol. The molecule has 1 fully saturated rings. The van der Waals surface area contributed by atoms with Crippen LogP contribution in [0.1, 0.15) is 30.5 Å². The molecule has 3 rings (SSSR count). The van der Waals surface area contributed by atoms with Crippen LogP contribution in [-0.4, -0.2) is 15.3 Å². The minimum atomic E-state index is 0.0508. The molecule has 2 N–H and O–H groups in total. The highest BCUT2D eigenvalue weighted by Crippen LogP contribution is 2.48. The largest absolute Gasteiger partial charge is 0.508 e. The molecule has 0 bridgehead atoms. The van der Waals surface area contributed by atoms with Crippen molar-refractivity contribution in [1.82, 2.24) is 10.2 Å². The molecule has 3 heteroatoms. The van der Waals surface area contributed by atoms with Crippen LogP contribution in [0.3, 0.4) is 0 Å². The SMILES string of the molecule is Oc1cccc(C2(c3ccn[nH]3)CCC2)c1. The molecule has 1 aliphatic carbocycles. The van der Waals surface area contributed by atoms with Gasteiger partial charge in [-0.3, -0.25) is 5.10 Å². The molecule has 0 radical (unpaired) electrons. The van der Waals surface area contributed by atoms with Gasteiger partial charge in [0.15, 0.2) is 0 Å². The molecule has 2 aromatic rings. The van der Waals surface area contributed by atoms with Crippen molar-refractivity contribution in [2.75, 3.05) is 0 Å². The highest BCUT2D eigenvalue weighted by Gasteiger charge is 2.41. The first-order valence-corrected chi connectivity index (χ1v) is 5.61. The lowest BCUT2D eigenvalue weighted by molar-refractivity contribution is 0.292. The van der Waals surface area contributed by atoms with Gasteiger partial charge in [0, 0.05) is 17.3 Å². The number of H-pyrrole nitrogens is 1. The number of hydrogen-bond acceptors (Lipinski definition) is 2. The number of phenolic OH excluding ortho intramolecular Hbond substituents is 1. The first kappa shape index (κ1) is 9.46. The van der Waals surface area contributed by atoms with Gasteiger partial charge >= 0.3 is 0 Å². The maximum absolute atomic E-state index is 9.57. The Kier molecular flexibility index (Phi) is 1.99. The molecule has 0 aliphatic heterocycles. The van der Waals surface area contributed by atoms with E-state index < -0.39 is 0 Å². The summed E-state index contributed by atoms with van der Waals surface area (Å²) in [5.41, 5.74) is 2.39. The van der Waals surface area contributed by atoms with Gasteiger partial charge in [-0.25, -0.2) is 0 Å². The van der Waals surface area contributed by atoms with Crippen LogP contribution in [-0.2, 0) is 5.41 Å². The third kappa shape index (κ3) is 1.24. The number of aromatic nitrogens is 2. The Hall–Kier alpha value is -1.77. The van der Waals surface area contributed by atoms with E-state index >= 15 is 0 Å². The normalized spacial score (nSPS) is 18.0. The second-order valence-corrected chi connectivity index (χ2v) is 4.46. The summed E-state index contributed by atoms with van der Waals surface area (Å²) in [6, 6.07) is 9.59. The van der Waals surface area contributed by atoms with Gasteiger partial charge in [0.2, 0.25) is 0 Å². The molecule has 1 aliphatic rings. The number of benzene rings is 1. The van der Waals surface area contributed by atoms with Crippen LogP contribution in [0.25, 0.3) is 0 Å². The highest BCUT2D eigenvalue weighted by molar-refractivity contribution is 5.41. The van der Waals surface area contributed by atoms with Gasteiger partial charge in [-0.2, -0.15) is 5.10 Å². The van der Waals surface area contributed by atoms with Crippen molar-refractivity contribution in [2.45, 2.75) is 24.7 Å². The third-order valence-electron chi connectivity index (χ3n) is 3.62. The second kappa shape index (κ2) is 3.37. The summed E-state index contributed by atoms with van der Waals surface area (Å²) in [5.74, 6) is 0.336. The van der Waals surface area contributed by atoms with Crippen molar-refractivity contribution in [1.29, 1.82) is 0 Å². The monoisotopic (exact) mass is 214 g/mol. The second-order valence-electron chi connectivity index (χ2n) is 4.46. The van der Waals surface area contributed by atoms with Crippen molar-refractivity contribution in [3.8, 4) is 5.75 Å². The molecule has 0 atom stereocenters. The Morgan fingerprint density at radius 2 is 2.12 bits per heavy atom. The smallest absolute Gasteiger partial charge is 0.115 e. The summed E-state index contributed by atoms with van der Waals surface area (Å²) in [6.07, 6.45) is 5.27. The fraction of sp³-hybridized carbons (Fsp3) is 0.308. The zero-order valence-electron chi connectivity index (χ0n) is 8.98. The van der Waals surface area contributed by atoms with Crippen molar-refractivity contribution < 1.29 is 5.11 Å². The van der Waals surface area contributed by atoms with Crippen molar-refractivity contribution in [2.24, 2.45) is 0 Å². The van der Waals surface area contributed by atoms with Gasteiger partial charge in [-0.1, -0.05) is 18.6 Å². The van der Waals surface area contributed by atoms with Crippen LogP contribution < -0.4 is 0 Å². The Morgan fingerprint density at radius 3 is 2.69 bits per heavy atom. The molecule has 0 amide bonds. The van der Waals surface area contributed by atoms with E-state index in [1.165, 1.54) is 12.0 Å². The van der Waals surface area contributed by atoms with E-state index in [2.05, 4.69) is 16.3 Å². The molecule has 0 unspecified atom stereocenters. The van der Waals surface area contributed by atoms with Gasteiger partial charge in [0.1, 0.15) is 5.75 Å². The van der Waals surface area contributed by atoms with Crippen LogP contribution in [0, 0.1) is 0 Å². The topological polar surface area (TPSA) is 48.9 Å². The molecule has 1 heterocycles. The number of phenols is 1. The van der Waals surface area contributed by atoms with Crippen molar-refractivity contribution >= 4 is 0 Å². The molecule has 16 heavy (non-hydrogen) atoms. The predicted octanol–water partition coefficient (Wildman–Crippen LogP) is 2.59. The van der Waals surface area contributed by atoms with E-state index in [9.17, 15) is 5.11 Å². The molecular formula is C13H14N2O. The zero-order chi connectivity index (χ0) is 11.0. The molecule has 3 nitrogen and oxygen atoms in total. The average Bonchev–Trinajstić information content (AvgIpc) is 2.70. The summed E-state index contributed by atoms with van der Waals surface area (Å²) >= 11 is 0. The van der Waals surface area contributed by atoms with E-state index in [1.54, 1.807) is 12.3 Å². The van der Waals surface area contributed by atoms with Gasteiger partial charge in [-0.05, 0) is 36.6 Å². The lowest BCUT2D eigenvalue weighted by Gasteiger charge is -2.41. The average molecular weight is 214 g/mol. The Labute approximate surface area is 94.1 Å². The fourth-order valence-corrected chi connectivity index (χ4v) is 2.57. The first-order chi connectivity index (χ1) is 7.81. The molecule has 1 aromatic carbocycles. The van der Waals surface area contributed by atoms with Gasteiger partial charge < -0.3 is 5.11 Å². The van der Waals surface area contributed by atoms with Crippen LogP contribution in [0.4, 0.5) is 0 Å². The Bertz CT molecular complexity index is 486. The van der Waals surface area contributed by atoms with E-state index in [1.807, 2.05) is 18.2 Å². The minimum absolute atomic E-state index is 0.0508. The van der Waals surface area contributed by atoms with E-state index in [-0.39, 0.29) is 5.41 Å². The van der Waals surface area contributed by atoms with E-state index in [0.717, 1.165) is 18.5 Å². The molecule has 0 spiro atoms. The van der Waals surface area contributed by atoms with Crippen molar-refractivity contribution in [3.05, 3.63) is 47.8 Å². The maximum Gasteiger partial charge on any atom is 0.115 e. The quantitative estimate of drug-likeness (QED) is 0.807. The maximum atomic E-state index is 9.57. The summed E-state index contributed by atoms with van der Waals surface area (Å²) in [5, 5.41) is 16.7. The summed E-state index contributed by atoms with van der Waals surface area (Å²) in [6.45, 7) is 0. The fourth-order valence-electron chi connectivity index (χ4n) is 2.57. The lowest BCUT2D eigenvalue weighted by atomic mass is 9.62. The third-order valence-corrected chi connectivity index (χ3v) is 3.62. The molecule has 0 saturated heterocycles. The van der Waals surface area contributed by atoms with E-state index in [4.69, 9.17) is 0 Å². The van der Waals surface area contributed by atoms with E-state index in [0.29, 0.717) is 5.75 Å². The Morgan fingerprint density at radius 1 is 1.25 bits per heavy atom. The summed E-state index contributed by atoms with van der Waals surface area (Å²) in [4.78, 5) is 0. The zero-order valence-corrected chi connectivity index (χ0v) is 8.98. The molecule has 82 valence electrons. The van der Waals surface area contributed by atoms with Crippen LogP contribution in [0.15, 0.2) is 36.5 Å². The predicted molar refractivity (Wildman–Crippen MR) is 61.3 cm³/mol. The van der Waals surface area contributed by atoms with Crippen molar-refractivity contribution in [3.63, 3.8) is 0 Å². The number of nitrogens with one attached hydrogen (secondary N) is 1. The van der Waals surface area contributed by atoms with Gasteiger partial charge in [0.25, 0.3) is 0 Å². The van der Waals surface area contributed by atoms with Gasteiger partial charge in [-0.15, -0.1) is 0 Å². The lowest BCUT2D eigenvalue weighted by Crippen LogP contribution is -2.35. The van der Waals surface area contributed by atoms with Gasteiger partial charge in [0.05, 0.1) is 0 Å². The highest BCUT2D eigenvalue weighted by atomic mass is 16.3. The van der Waals surface area contributed by atoms with Crippen LogP contribution in [0.5, 0.6) is 5.75 Å². The molecule has 1 saturated carbocycles. The summed E-state index contributed by atoms with van der Waals surface area (Å²) in [7, 11) is 0. The number of aromatic hydroxyl groups is 1. The summed E-state index contributed by atoms with van der Waals surface area (Å²) < 4.78 is 0. The van der Waals surface area contributed by atoms with Crippen LogP contribution in [0.2, 0.25) is 0 Å².